The molecule has 0 aliphatic rings. The van der Waals surface area contributed by atoms with Gasteiger partial charge in [0.25, 0.3) is 0 Å². The molecule has 1 unspecified atom stereocenters. The molecule has 1 atom stereocenters. The highest BCUT2D eigenvalue weighted by Crippen LogP contribution is 2.19. The molecule has 19 heavy (non-hydrogen) atoms. The molecule has 0 saturated carbocycles. The van der Waals surface area contributed by atoms with Gasteiger partial charge >= 0.3 is 0 Å². The molecule has 0 aliphatic heterocycles. The van der Waals surface area contributed by atoms with Crippen molar-refractivity contribution >= 4 is 11.0 Å². The third-order valence-corrected chi connectivity index (χ3v) is 3.51. The van der Waals surface area contributed by atoms with E-state index in [0.29, 0.717) is 0 Å². The van der Waals surface area contributed by atoms with Crippen molar-refractivity contribution in [1.82, 2.24) is 9.55 Å². The zero-order valence-corrected chi connectivity index (χ0v) is 11.0. The Morgan fingerprint density at radius 1 is 1.11 bits per heavy atom. The first kappa shape index (κ1) is 11.9. The average Bonchev–Trinajstić information content (AvgIpc) is 2.83. The van der Waals surface area contributed by atoms with Crippen molar-refractivity contribution in [3.05, 3.63) is 66.0 Å². The Labute approximate surface area is 112 Å². The summed E-state index contributed by atoms with van der Waals surface area (Å²) < 4.78 is 2.12. The molecule has 0 saturated heterocycles. The van der Waals surface area contributed by atoms with E-state index in [1.165, 1.54) is 11.1 Å². The first-order valence-corrected chi connectivity index (χ1v) is 6.46. The van der Waals surface area contributed by atoms with Crippen molar-refractivity contribution in [2.75, 3.05) is 0 Å². The molecule has 1 aromatic heterocycles. The highest BCUT2D eigenvalue weighted by Gasteiger charge is 2.10. The van der Waals surface area contributed by atoms with E-state index < -0.39 is 0 Å². The molecule has 3 nitrogen and oxygen atoms in total. The van der Waals surface area contributed by atoms with Gasteiger partial charge in [0.1, 0.15) is 0 Å². The summed E-state index contributed by atoms with van der Waals surface area (Å²) in [7, 11) is 0. The molecule has 0 aliphatic carbocycles. The number of aromatic nitrogens is 2. The minimum absolute atomic E-state index is 0.0150. The molecular formula is C16H17N3. The zero-order chi connectivity index (χ0) is 13.2. The van der Waals surface area contributed by atoms with Gasteiger partial charge in [-0.25, -0.2) is 4.98 Å². The molecule has 3 heteroatoms. The van der Waals surface area contributed by atoms with Crippen LogP contribution in [0.15, 0.2) is 54.9 Å². The standard InChI is InChI=1S/C16H17N3/c1-12-6-2-3-7-13(12)14(17)10-19-11-18-15-8-4-5-9-16(15)19/h2-9,11,14H,10,17H2,1H3. The molecule has 3 aromatic rings. The minimum Gasteiger partial charge on any atom is -0.329 e. The fourth-order valence-electron chi connectivity index (χ4n) is 2.47. The summed E-state index contributed by atoms with van der Waals surface area (Å²) in [4.78, 5) is 4.40. The average molecular weight is 251 g/mol. The predicted octanol–water partition coefficient (Wildman–Crippen LogP) is 3.04. The Bertz CT molecular complexity index is 700. The fourth-order valence-corrected chi connectivity index (χ4v) is 2.47. The normalized spacial score (nSPS) is 12.7. The molecule has 0 spiro atoms. The van der Waals surface area contributed by atoms with Crippen LogP contribution in [0.5, 0.6) is 0 Å². The summed E-state index contributed by atoms with van der Waals surface area (Å²) >= 11 is 0. The molecule has 96 valence electrons. The number of para-hydroxylation sites is 2. The van der Waals surface area contributed by atoms with Gasteiger partial charge in [0.05, 0.1) is 17.4 Å². The summed E-state index contributed by atoms with van der Waals surface area (Å²) in [5.74, 6) is 0. The van der Waals surface area contributed by atoms with Crippen LogP contribution >= 0.6 is 0 Å². The van der Waals surface area contributed by atoms with Crippen LogP contribution in [-0.2, 0) is 6.54 Å². The molecular weight excluding hydrogens is 234 g/mol. The van der Waals surface area contributed by atoms with Gasteiger partial charge in [0.15, 0.2) is 0 Å². The predicted molar refractivity (Wildman–Crippen MR) is 77.8 cm³/mol. The smallest absolute Gasteiger partial charge is 0.0958 e. The Kier molecular flexibility index (Phi) is 3.05. The molecule has 0 radical (unpaired) electrons. The molecule has 0 amide bonds. The molecule has 1 heterocycles. The number of fused-ring (bicyclic) bond motifs is 1. The number of imidazole rings is 1. The monoisotopic (exact) mass is 251 g/mol. The molecule has 0 fully saturated rings. The second-order valence-corrected chi connectivity index (χ2v) is 4.85. The lowest BCUT2D eigenvalue weighted by Crippen LogP contribution is -2.18. The van der Waals surface area contributed by atoms with Crippen LogP contribution in [0.25, 0.3) is 11.0 Å². The summed E-state index contributed by atoms with van der Waals surface area (Å²) in [5, 5.41) is 0. The van der Waals surface area contributed by atoms with E-state index >= 15 is 0 Å². The van der Waals surface area contributed by atoms with Gasteiger partial charge in [0.2, 0.25) is 0 Å². The van der Waals surface area contributed by atoms with Crippen molar-refractivity contribution in [2.24, 2.45) is 5.73 Å². The Morgan fingerprint density at radius 3 is 2.68 bits per heavy atom. The first-order valence-electron chi connectivity index (χ1n) is 6.46. The first-order chi connectivity index (χ1) is 9.25. The molecule has 2 N–H and O–H groups in total. The van der Waals surface area contributed by atoms with Crippen molar-refractivity contribution in [3.8, 4) is 0 Å². The van der Waals surface area contributed by atoms with Crippen LogP contribution < -0.4 is 5.73 Å². The van der Waals surface area contributed by atoms with E-state index in [-0.39, 0.29) is 6.04 Å². The maximum atomic E-state index is 6.33. The Morgan fingerprint density at radius 2 is 1.84 bits per heavy atom. The second kappa shape index (κ2) is 4.86. The maximum absolute atomic E-state index is 6.33. The summed E-state index contributed by atoms with van der Waals surface area (Å²) in [5.41, 5.74) is 10.9. The Hall–Kier alpha value is -2.13. The third kappa shape index (κ3) is 2.25. The fraction of sp³-hybridized carbons (Fsp3) is 0.188. The van der Waals surface area contributed by atoms with Crippen molar-refractivity contribution < 1.29 is 0 Å². The lowest BCUT2D eigenvalue weighted by Gasteiger charge is -2.15. The highest BCUT2D eigenvalue weighted by atomic mass is 15.1. The van der Waals surface area contributed by atoms with E-state index in [9.17, 15) is 0 Å². The van der Waals surface area contributed by atoms with E-state index in [1.54, 1.807) is 0 Å². The Balaban J connectivity index is 1.91. The summed E-state index contributed by atoms with van der Waals surface area (Å²) in [6.07, 6.45) is 1.86. The van der Waals surface area contributed by atoms with Crippen LogP contribution in [0.2, 0.25) is 0 Å². The summed E-state index contributed by atoms with van der Waals surface area (Å²) in [6, 6.07) is 16.4. The lowest BCUT2D eigenvalue weighted by atomic mass is 10.0. The van der Waals surface area contributed by atoms with E-state index in [4.69, 9.17) is 5.73 Å². The van der Waals surface area contributed by atoms with Gasteiger partial charge < -0.3 is 10.3 Å². The number of aryl methyl sites for hydroxylation is 1. The largest absolute Gasteiger partial charge is 0.329 e. The molecule has 2 aromatic carbocycles. The highest BCUT2D eigenvalue weighted by molar-refractivity contribution is 5.74. The number of rotatable bonds is 3. The minimum atomic E-state index is -0.0150. The van der Waals surface area contributed by atoms with Gasteiger partial charge in [0, 0.05) is 12.6 Å². The second-order valence-electron chi connectivity index (χ2n) is 4.85. The number of hydrogen-bond acceptors (Lipinski definition) is 2. The van der Waals surface area contributed by atoms with Gasteiger partial charge in [-0.3, -0.25) is 0 Å². The van der Waals surface area contributed by atoms with Crippen LogP contribution in [0.1, 0.15) is 17.2 Å². The van der Waals surface area contributed by atoms with Gasteiger partial charge in [-0.15, -0.1) is 0 Å². The lowest BCUT2D eigenvalue weighted by molar-refractivity contribution is 0.586. The summed E-state index contributed by atoms with van der Waals surface area (Å²) in [6.45, 7) is 2.84. The topological polar surface area (TPSA) is 43.8 Å². The molecule has 3 rings (SSSR count). The van der Waals surface area contributed by atoms with Gasteiger partial charge in [-0.05, 0) is 30.2 Å². The van der Waals surface area contributed by atoms with Crippen molar-refractivity contribution in [1.29, 1.82) is 0 Å². The SMILES string of the molecule is Cc1ccccc1C(N)Cn1cnc2ccccc21. The third-order valence-electron chi connectivity index (χ3n) is 3.51. The quantitative estimate of drug-likeness (QED) is 0.777. The van der Waals surface area contributed by atoms with E-state index in [2.05, 4.69) is 34.7 Å². The van der Waals surface area contributed by atoms with Crippen LogP contribution in [-0.4, -0.2) is 9.55 Å². The number of nitrogens with two attached hydrogens (primary N) is 1. The van der Waals surface area contributed by atoms with E-state index in [0.717, 1.165) is 17.6 Å². The molecule has 0 bridgehead atoms. The van der Waals surface area contributed by atoms with Gasteiger partial charge in [-0.1, -0.05) is 36.4 Å². The van der Waals surface area contributed by atoms with Gasteiger partial charge in [-0.2, -0.15) is 0 Å². The number of hydrogen-bond donors (Lipinski definition) is 1. The van der Waals surface area contributed by atoms with Crippen LogP contribution in [0.3, 0.4) is 0 Å². The van der Waals surface area contributed by atoms with Crippen molar-refractivity contribution in [2.45, 2.75) is 19.5 Å². The number of benzene rings is 2. The van der Waals surface area contributed by atoms with E-state index in [1.807, 2.05) is 36.7 Å². The maximum Gasteiger partial charge on any atom is 0.0958 e. The number of nitrogens with zero attached hydrogens (tertiary/aromatic N) is 2. The van der Waals surface area contributed by atoms with Crippen LogP contribution in [0, 0.1) is 6.92 Å². The zero-order valence-electron chi connectivity index (χ0n) is 11.0. The van der Waals surface area contributed by atoms with Crippen LogP contribution in [0.4, 0.5) is 0 Å². The van der Waals surface area contributed by atoms with Crippen molar-refractivity contribution in [3.63, 3.8) is 0 Å².